The first kappa shape index (κ1) is 36.0. The molecule has 0 bridgehead atoms. The number of aromatic nitrogens is 4. The third kappa shape index (κ3) is 7.06. The molecule has 0 unspecified atom stereocenters. The van der Waals surface area contributed by atoms with E-state index in [1.165, 1.54) is 15.8 Å². The predicted molar refractivity (Wildman–Crippen MR) is 180 cm³/mol. The molecule has 0 saturated carbocycles. The van der Waals surface area contributed by atoms with Gasteiger partial charge in [0.25, 0.3) is 5.88 Å². The van der Waals surface area contributed by atoms with Gasteiger partial charge in [-0.2, -0.15) is 9.97 Å². The number of aliphatic hydroxyl groups excluding tert-OH is 1. The number of hydrogen-bond acceptors (Lipinski definition) is 12. The number of Topliss-reactive ketones (excluding diaryl/α,β-unsaturated/α-hetero) is 1. The van der Waals surface area contributed by atoms with Crippen molar-refractivity contribution >= 4 is 52.2 Å². The standard InChI is InChI=1S/C35H40N6O9/c1-19(2)26(42)35(47)24(17-48-32(45)21(5)6)49-31(27(35)43)40-18-36-25-28(40)37-33(38-29(44)20(3)4)39-30(25)50-34(46)41(22-13-9-7-10-14-22)23-15-11-8-12-16-23/h7-16,18-21,24,27,31,43,47H,17H2,1-6H3,(H,37,38,39,44)/t24-,27+,31-,35+/m1/s1. The number of ketones is 1. The highest BCUT2D eigenvalue weighted by Crippen LogP contribution is 2.41. The van der Waals surface area contributed by atoms with Crippen LogP contribution in [0.1, 0.15) is 47.8 Å². The zero-order chi connectivity index (χ0) is 36.3. The fourth-order valence-corrected chi connectivity index (χ4v) is 5.33. The highest BCUT2D eigenvalue weighted by molar-refractivity contribution is 5.98. The number of hydrogen-bond donors (Lipinski definition) is 3. The summed E-state index contributed by atoms with van der Waals surface area (Å²) >= 11 is 0. The van der Waals surface area contributed by atoms with Crippen molar-refractivity contribution in [3.8, 4) is 5.88 Å². The Hall–Kier alpha value is -5.25. The van der Waals surface area contributed by atoms with Gasteiger partial charge in [0.15, 0.2) is 28.8 Å². The lowest BCUT2D eigenvalue weighted by molar-refractivity contribution is -0.166. The molecule has 1 saturated heterocycles. The number of imidazole rings is 1. The van der Waals surface area contributed by atoms with Crippen LogP contribution in [0, 0.1) is 17.8 Å². The molecule has 1 fully saturated rings. The molecular formula is C35H40N6O9. The van der Waals surface area contributed by atoms with Crippen LogP contribution in [-0.4, -0.2) is 77.9 Å². The molecule has 5 rings (SSSR count). The number of esters is 1. The lowest BCUT2D eigenvalue weighted by Gasteiger charge is -2.30. The van der Waals surface area contributed by atoms with Crippen LogP contribution < -0.4 is 15.0 Å². The molecule has 4 aromatic rings. The van der Waals surface area contributed by atoms with E-state index in [0.717, 1.165) is 0 Å². The summed E-state index contributed by atoms with van der Waals surface area (Å²) in [6, 6.07) is 17.5. The van der Waals surface area contributed by atoms with Crippen molar-refractivity contribution in [1.29, 1.82) is 0 Å². The zero-order valence-electron chi connectivity index (χ0n) is 28.5. The second-order valence-electron chi connectivity index (χ2n) is 12.8. The SMILES string of the molecule is CC(C)C(=O)Nc1nc(OC(=O)N(c2ccccc2)c2ccccc2)c2ncn([C@@H]3O[C@H](COC(=O)C(C)C)[C@](O)(C(=O)C(C)C)[C@H]3O)c2n1. The normalized spacial score (nSPS) is 20.3. The second kappa shape index (κ2) is 14.7. The van der Waals surface area contributed by atoms with Crippen molar-refractivity contribution in [2.24, 2.45) is 17.8 Å². The number of rotatable bonds is 11. The number of benzene rings is 2. The van der Waals surface area contributed by atoms with Crippen LogP contribution in [0.5, 0.6) is 5.88 Å². The molecule has 15 nitrogen and oxygen atoms in total. The molecule has 1 aliphatic rings. The van der Waals surface area contributed by atoms with Gasteiger partial charge in [-0.05, 0) is 24.3 Å². The molecule has 3 heterocycles. The minimum atomic E-state index is -2.49. The quantitative estimate of drug-likeness (QED) is 0.191. The molecule has 2 aromatic carbocycles. The summed E-state index contributed by atoms with van der Waals surface area (Å²) < 4.78 is 18.4. The number of nitrogens with zero attached hydrogens (tertiary/aromatic N) is 5. The Morgan fingerprint density at radius 2 is 1.52 bits per heavy atom. The first-order chi connectivity index (χ1) is 23.7. The maximum atomic E-state index is 13.9. The molecule has 3 N–H and O–H groups in total. The molecule has 1 aliphatic heterocycles. The van der Waals surface area contributed by atoms with Crippen LogP contribution in [0.25, 0.3) is 11.2 Å². The van der Waals surface area contributed by atoms with Gasteiger partial charge >= 0.3 is 12.1 Å². The van der Waals surface area contributed by atoms with Gasteiger partial charge in [0.05, 0.1) is 23.6 Å². The number of fused-ring (bicyclic) bond motifs is 1. The molecule has 4 atom stereocenters. The fraction of sp³-hybridized carbons (Fsp3) is 0.400. The van der Waals surface area contributed by atoms with Crippen molar-refractivity contribution in [2.45, 2.75) is 65.6 Å². The Morgan fingerprint density at radius 3 is 2.06 bits per heavy atom. The Kier molecular flexibility index (Phi) is 10.6. The topological polar surface area (TPSA) is 195 Å². The Labute approximate surface area is 288 Å². The van der Waals surface area contributed by atoms with Crippen LogP contribution >= 0.6 is 0 Å². The first-order valence-electron chi connectivity index (χ1n) is 16.2. The average Bonchev–Trinajstić information content (AvgIpc) is 3.62. The van der Waals surface area contributed by atoms with Crippen LogP contribution in [0.4, 0.5) is 22.1 Å². The van der Waals surface area contributed by atoms with E-state index in [1.807, 2.05) is 0 Å². The van der Waals surface area contributed by atoms with E-state index in [0.29, 0.717) is 11.4 Å². The third-order valence-electron chi connectivity index (χ3n) is 8.10. The van der Waals surface area contributed by atoms with Crippen LogP contribution in [0.3, 0.4) is 0 Å². The molecule has 2 amide bonds. The van der Waals surface area contributed by atoms with Crippen LogP contribution in [0.15, 0.2) is 67.0 Å². The zero-order valence-corrected chi connectivity index (χ0v) is 28.5. The Balaban J connectivity index is 1.58. The van der Waals surface area contributed by atoms with E-state index in [2.05, 4.69) is 20.3 Å². The lowest BCUT2D eigenvalue weighted by Crippen LogP contribution is -2.57. The van der Waals surface area contributed by atoms with E-state index >= 15 is 0 Å². The molecule has 15 heteroatoms. The van der Waals surface area contributed by atoms with E-state index in [1.54, 1.807) is 102 Å². The number of para-hydroxylation sites is 2. The number of aliphatic hydroxyl groups is 2. The van der Waals surface area contributed by atoms with Crippen molar-refractivity contribution in [3.05, 3.63) is 67.0 Å². The van der Waals surface area contributed by atoms with Gasteiger partial charge in [-0.3, -0.25) is 24.3 Å². The molecule has 2 aromatic heterocycles. The second-order valence-corrected chi connectivity index (χ2v) is 12.8. The number of ether oxygens (including phenoxy) is 3. The number of nitrogens with one attached hydrogen (secondary N) is 1. The maximum Gasteiger partial charge on any atom is 0.425 e. The molecule has 50 heavy (non-hydrogen) atoms. The minimum Gasteiger partial charge on any atom is -0.463 e. The van der Waals surface area contributed by atoms with Gasteiger partial charge in [-0.25, -0.2) is 14.7 Å². The van der Waals surface area contributed by atoms with Gasteiger partial charge < -0.3 is 24.4 Å². The van der Waals surface area contributed by atoms with Gasteiger partial charge in [0, 0.05) is 11.8 Å². The smallest absolute Gasteiger partial charge is 0.425 e. The Morgan fingerprint density at radius 1 is 0.920 bits per heavy atom. The number of carbonyl (C=O) groups excluding carboxylic acids is 4. The largest absolute Gasteiger partial charge is 0.463 e. The molecule has 264 valence electrons. The lowest BCUT2D eigenvalue weighted by atomic mass is 9.82. The van der Waals surface area contributed by atoms with E-state index in [9.17, 15) is 29.4 Å². The highest BCUT2D eigenvalue weighted by atomic mass is 16.6. The summed E-state index contributed by atoms with van der Waals surface area (Å²) in [7, 11) is 0. The van der Waals surface area contributed by atoms with E-state index < -0.39 is 72.2 Å². The monoisotopic (exact) mass is 688 g/mol. The molecular weight excluding hydrogens is 648 g/mol. The summed E-state index contributed by atoms with van der Waals surface area (Å²) in [6.07, 6.45) is -4.51. The Bertz CT molecular complexity index is 1820. The number of carbonyl (C=O) groups is 4. The number of anilines is 3. The summed E-state index contributed by atoms with van der Waals surface area (Å²) in [5, 5.41) is 25.9. The van der Waals surface area contributed by atoms with Crippen molar-refractivity contribution in [1.82, 2.24) is 19.5 Å². The molecule has 0 radical (unpaired) electrons. The third-order valence-corrected chi connectivity index (χ3v) is 8.10. The van der Waals surface area contributed by atoms with Crippen LogP contribution in [0.2, 0.25) is 0 Å². The highest BCUT2D eigenvalue weighted by Gasteiger charge is 2.61. The molecule has 0 aliphatic carbocycles. The van der Waals surface area contributed by atoms with Crippen LogP contribution in [-0.2, 0) is 23.9 Å². The fourth-order valence-electron chi connectivity index (χ4n) is 5.33. The summed E-state index contributed by atoms with van der Waals surface area (Å²) in [6.45, 7) is 9.14. The van der Waals surface area contributed by atoms with E-state index in [-0.39, 0.29) is 23.0 Å². The van der Waals surface area contributed by atoms with Gasteiger partial charge in [-0.1, -0.05) is 77.9 Å². The minimum absolute atomic E-state index is 0.0637. The van der Waals surface area contributed by atoms with Gasteiger partial charge in [-0.15, -0.1) is 0 Å². The maximum absolute atomic E-state index is 13.9. The summed E-state index contributed by atoms with van der Waals surface area (Å²) in [4.78, 5) is 66.7. The van der Waals surface area contributed by atoms with Gasteiger partial charge in [0.1, 0.15) is 18.8 Å². The molecule has 0 spiro atoms. The van der Waals surface area contributed by atoms with E-state index in [4.69, 9.17) is 14.2 Å². The van der Waals surface area contributed by atoms with Crippen molar-refractivity contribution in [3.63, 3.8) is 0 Å². The van der Waals surface area contributed by atoms with Gasteiger partial charge in [0.2, 0.25) is 11.9 Å². The first-order valence-corrected chi connectivity index (χ1v) is 16.2. The average molecular weight is 689 g/mol. The van der Waals surface area contributed by atoms with Crippen molar-refractivity contribution < 1.29 is 43.6 Å². The van der Waals surface area contributed by atoms with Crippen molar-refractivity contribution in [2.75, 3.05) is 16.8 Å². The summed E-state index contributed by atoms with van der Waals surface area (Å²) in [5.41, 5.74) is -1.64. The number of amides is 2. The predicted octanol–water partition coefficient (Wildman–Crippen LogP) is 4.17. The summed E-state index contributed by atoms with van der Waals surface area (Å²) in [5.74, 6) is -4.06.